The number of benzene rings is 1. The standard InChI is InChI=1S/C17H23BrO3/c1-3-16(19)15(17(20)4-2)7-5-6-12-21-14-10-8-13(18)9-11-14/h8-11,15H,3-7,12H2,1-2H3. The number of carbonyl (C=O) groups is 2. The van der Waals surface area contributed by atoms with Gasteiger partial charge in [0, 0.05) is 17.3 Å². The molecule has 0 radical (unpaired) electrons. The molecule has 1 aromatic rings. The van der Waals surface area contributed by atoms with Crippen molar-refractivity contribution in [2.75, 3.05) is 6.61 Å². The molecular formula is C17H23BrO3. The molecule has 0 aliphatic rings. The van der Waals surface area contributed by atoms with Gasteiger partial charge in [-0.1, -0.05) is 29.8 Å². The van der Waals surface area contributed by atoms with Gasteiger partial charge in [-0.3, -0.25) is 9.59 Å². The third-order valence-electron chi connectivity index (χ3n) is 3.44. The van der Waals surface area contributed by atoms with Crippen LogP contribution in [0.25, 0.3) is 0 Å². The molecule has 21 heavy (non-hydrogen) atoms. The molecule has 0 saturated heterocycles. The molecule has 0 atom stereocenters. The maximum absolute atomic E-state index is 11.8. The van der Waals surface area contributed by atoms with E-state index >= 15 is 0 Å². The van der Waals surface area contributed by atoms with Crippen LogP contribution in [0.5, 0.6) is 5.75 Å². The number of unbranched alkanes of at least 4 members (excludes halogenated alkanes) is 1. The first-order valence-electron chi connectivity index (χ1n) is 7.52. The summed E-state index contributed by atoms with van der Waals surface area (Å²) in [5.74, 6) is 0.558. The van der Waals surface area contributed by atoms with Crippen LogP contribution in [0.1, 0.15) is 46.0 Å². The van der Waals surface area contributed by atoms with Crippen molar-refractivity contribution in [3.05, 3.63) is 28.7 Å². The lowest BCUT2D eigenvalue weighted by Crippen LogP contribution is -2.23. The first-order valence-corrected chi connectivity index (χ1v) is 8.31. The normalized spacial score (nSPS) is 10.7. The third-order valence-corrected chi connectivity index (χ3v) is 3.97. The summed E-state index contributed by atoms with van der Waals surface area (Å²) >= 11 is 3.38. The molecule has 0 heterocycles. The zero-order valence-electron chi connectivity index (χ0n) is 12.7. The average Bonchev–Trinajstić information content (AvgIpc) is 2.51. The Bertz CT molecular complexity index is 438. The van der Waals surface area contributed by atoms with Crippen molar-refractivity contribution in [3.8, 4) is 5.75 Å². The highest BCUT2D eigenvalue weighted by Crippen LogP contribution is 2.18. The lowest BCUT2D eigenvalue weighted by atomic mass is 9.90. The van der Waals surface area contributed by atoms with E-state index in [0.29, 0.717) is 25.9 Å². The molecule has 0 N–H and O–H groups in total. The number of halogens is 1. The number of rotatable bonds is 10. The van der Waals surface area contributed by atoms with E-state index in [2.05, 4.69) is 15.9 Å². The monoisotopic (exact) mass is 354 g/mol. The Hall–Kier alpha value is -1.16. The van der Waals surface area contributed by atoms with Crippen LogP contribution in [0, 0.1) is 5.92 Å². The average molecular weight is 355 g/mol. The fourth-order valence-electron chi connectivity index (χ4n) is 2.17. The summed E-state index contributed by atoms with van der Waals surface area (Å²) < 4.78 is 6.65. The number of carbonyl (C=O) groups excluding carboxylic acids is 2. The van der Waals surface area contributed by atoms with Gasteiger partial charge >= 0.3 is 0 Å². The molecule has 0 aliphatic heterocycles. The van der Waals surface area contributed by atoms with Crippen LogP contribution in [-0.4, -0.2) is 18.2 Å². The number of ether oxygens (including phenoxy) is 1. The molecule has 3 nitrogen and oxygen atoms in total. The van der Waals surface area contributed by atoms with Crippen LogP contribution in [0.2, 0.25) is 0 Å². The lowest BCUT2D eigenvalue weighted by molar-refractivity contribution is -0.132. The number of hydrogen-bond donors (Lipinski definition) is 0. The summed E-state index contributed by atoms with van der Waals surface area (Å²) in [7, 11) is 0. The molecule has 116 valence electrons. The topological polar surface area (TPSA) is 43.4 Å². The van der Waals surface area contributed by atoms with Gasteiger partial charge in [0.15, 0.2) is 0 Å². The molecule has 1 aromatic carbocycles. The van der Waals surface area contributed by atoms with Crippen LogP contribution in [0.3, 0.4) is 0 Å². The minimum atomic E-state index is -0.410. The fourth-order valence-corrected chi connectivity index (χ4v) is 2.43. The lowest BCUT2D eigenvalue weighted by Gasteiger charge is -2.13. The molecule has 0 unspecified atom stereocenters. The van der Waals surface area contributed by atoms with E-state index in [1.54, 1.807) is 0 Å². The van der Waals surface area contributed by atoms with Gasteiger partial charge in [-0.05, 0) is 43.5 Å². The van der Waals surface area contributed by atoms with Crippen molar-refractivity contribution in [1.29, 1.82) is 0 Å². The molecule has 0 bridgehead atoms. The highest BCUT2D eigenvalue weighted by Gasteiger charge is 2.22. The van der Waals surface area contributed by atoms with E-state index in [4.69, 9.17) is 4.74 Å². The van der Waals surface area contributed by atoms with Gasteiger partial charge in [0.1, 0.15) is 17.3 Å². The molecule has 0 aromatic heterocycles. The van der Waals surface area contributed by atoms with Crippen molar-refractivity contribution >= 4 is 27.5 Å². The highest BCUT2D eigenvalue weighted by atomic mass is 79.9. The first kappa shape index (κ1) is 17.9. The third kappa shape index (κ3) is 6.42. The van der Waals surface area contributed by atoms with Gasteiger partial charge in [0.05, 0.1) is 12.5 Å². The molecular weight excluding hydrogens is 332 g/mol. The van der Waals surface area contributed by atoms with E-state index in [9.17, 15) is 9.59 Å². The van der Waals surface area contributed by atoms with Crippen molar-refractivity contribution in [3.63, 3.8) is 0 Å². The van der Waals surface area contributed by atoms with Crippen molar-refractivity contribution in [2.24, 2.45) is 5.92 Å². The summed E-state index contributed by atoms with van der Waals surface area (Å²) in [6.07, 6.45) is 3.19. The summed E-state index contributed by atoms with van der Waals surface area (Å²) in [6, 6.07) is 7.69. The van der Waals surface area contributed by atoms with Crippen molar-refractivity contribution in [1.82, 2.24) is 0 Å². The quantitative estimate of drug-likeness (QED) is 0.456. The van der Waals surface area contributed by atoms with Crippen LogP contribution < -0.4 is 4.74 Å². The zero-order valence-corrected chi connectivity index (χ0v) is 14.3. The second kappa shape index (κ2) is 9.72. The second-order valence-electron chi connectivity index (χ2n) is 4.99. The Balaban J connectivity index is 2.29. The van der Waals surface area contributed by atoms with Gasteiger partial charge in [-0.2, -0.15) is 0 Å². The molecule has 0 amide bonds. The van der Waals surface area contributed by atoms with Crippen LogP contribution in [-0.2, 0) is 9.59 Å². The van der Waals surface area contributed by atoms with Crippen LogP contribution in [0.4, 0.5) is 0 Å². The van der Waals surface area contributed by atoms with E-state index in [1.807, 2.05) is 38.1 Å². The summed E-state index contributed by atoms with van der Waals surface area (Å²) in [5, 5.41) is 0. The maximum atomic E-state index is 11.8. The van der Waals surface area contributed by atoms with Crippen molar-refractivity contribution in [2.45, 2.75) is 46.0 Å². The zero-order chi connectivity index (χ0) is 15.7. The Kier molecular flexibility index (Phi) is 8.28. The molecule has 0 saturated carbocycles. The Morgan fingerprint density at radius 2 is 1.62 bits per heavy atom. The number of hydrogen-bond acceptors (Lipinski definition) is 3. The van der Waals surface area contributed by atoms with E-state index < -0.39 is 5.92 Å². The number of ketones is 2. The van der Waals surface area contributed by atoms with E-state index in [0.717, 1.165) is 23.1 Å². The second-order valence-corrected chi connectivity index (χ2v) is 5.91. The SMILES string of the molecule is CCC(=O)C(CCCCOc1ccc(Br)cc1)C(=O)CC. The highest BCUT2D eigenvalue weighted by molar-refractivity contribution is 9.10. The Morgan fingerprint density at radius 3 is 2.14 bits per heavy atom. The molecule has 1 rings (SSSR count). The number of Topliss-reactive ketones (excluding diaryl/α,β-unsaturated/α-hetero) is 2. The van der Waals surface area contributed by atoms with Crippen LogP contribution >= 0.6 is 15.9 Å². The van der Waals surface area contributed by atoms with E-state index in [-0.39, 0.29) is 11.6 Å². The summed E-state index contributed by atoms with van der Waals surface area (Å²) in [6.45, 7) is 4.23. The Morgan fingerprint density at radius 1 is 1.05 bits per heavy atom. The van der Waals surface area contributed by atoms with Gasteiger partial charge in [0.25, 0.3) is 0 Å². The largest absolute Gasteiger partial charge is 0.494 e. The predicted molar refractivity (Wildman–Crippen MR) is 87.6 cm³/mol. The predicted octanol–water partition coefficient (Wildman–Crippen LogP) is 4.57. The van der Waals surface area contributed by atoms with Crippen molar-refractivity contribution < 1.29 is 14.3 Å². The molecule has 0 spiro atoms. The minimum absolute atomic E-state index is 0.0654. The van der Waals surface area contributed by atoms with E-state index in [1.165, 1.54) is 0 Å². The van der Waals surface area contributed by atoms with Gasteiger partial charge in [0.2, 0.25) is 0 Å². The van der Waals surface area contributed by atoms with Crippen LogP contribution in [0.15, 0.2) is 28.7 Å². The smallest absolute Gasteiger partial charge is 0.143 e. The van der Waals surface area contributed by atoms with Gasteiger partial charge in [-0.15, -0.1) is 0 Å². The summed E-state index contributed by atoms with van der Waals surface area (Å²) in [4.78, 5) is 23.5. The van der Waals surface area contributed by atoms with Gasteiger partial charge in [-0.25, -0.2) is 0 Å². The molecule has 4 heteroatoms. The first-order chi connectivity index (χ1) is 10.1. The maximum Gasteiger partial charge on any atom is 0.143 e. The van der Waals surface area contributed by atoms with Gasteiger partial charge < -0.3 is 4.74 Å². The molecule has 0 aliphatic carbocycles. The minimum Gasteiger partial charge on any atom is -0.494 e. The fraction of sp³-hybridized carbons (Fsp3) is 0.529. The Labute approximate surface area is 135 Å². The molecule has 0 fully saturated rings. The summed E-state index contributed by atoms with van der Waals surface area (Å²) in [5.41, 5.74) is 0.